The van der Waals surface area contributed by atoms with E-state index in [-0.39, 0.29) is 24.6 Å². The van der Waals surface area contributed by atoms with Gasteiger partial charge in [-0.05, 0) is 50.6 Å². The molecule has 1 N–H and O–H groups in total. The minimum absolute atomic E-state index is 0.0398. The summed E-state index contributed by atoms with van der Waals surface area (Å²) in [7, 11) is 1.33. The van der Waals surface area contributed by atoms with Crippen molar-refractivity contribution in [2.24, 2.45) is 0 Å². The Morgan fingerprint density at radius 2 is 1.71 bits per heavy atom. The largest absolute Gasteiger partial charge is 0.469 e. The van der Waals surface area contributed by atoms with Gasteiger partial charge < -0.3 is 10.1 Å². The number of amides is 1. The van der Waals surface area contributed by atoms with E-state index in [0.717, 1.165) is 33.8 Å². The van der Waals surface area contributed by atoms with Gasteiger partial charge in [0.15, 0.2) is 0 Å². The second-order valence-corrected chi connectivity index (χ2v) is 7.53. The summed E-state index contributed by atoms with van der Waals surface area (Å²) < 4.78 is 19.7. The predicted molar refractivity (Wildman–Crippen MR) is 115 cm³/mol. The lowest BCUT2D eigenvalue weighted by Crippen LogP contribution is -2.31. The minimum atomic E-state index is -0.492. The van der Waals surface area contributed by atoms with Crippen LogP contribution in [0.15, 0.2) is 48.5 Å². The van der Waals surface area contributed by atoms with Crippen molar-refractivity contribution >= 4 is 11.9 Å². The van der Waals surface area contributed by atoms with E-state index in [1.54, 1.807) is 16.8 Å². The quantitative estimate of drug-likeness (QED) is 0.585. The first-order chi connectivity index (χ1) is 14.8. The van der Waals surface area contributed by atoms with E-state index in [9.17, 15) is 14.0 Å². The maximum absolute atomic E-state index is 13.2. The molecule has 0 aliphatic heterocycles. The first-order valence-electron chi connectivity index (χ1n) is 10.0. The number of esters is 1. The number of carbonyl (C=O) groups excluding carboxylic acids is 2. The third-order valence-corrected chi connectivity index (χ3v) is 5.26. The Balaban J connectivity index is 1.80. The van der Waals surface area contributed by atoms with E-state index in [1.165, 1.54) is 19.2 Å². The molecule has 2 aromatic carbocycles. The molecule has 3 rings (SSSR count). The van der Waals surface area contributed by atoms with Gasteiger partial charge in [-0.3, -0.25) is 9.59 Å². The number of ether oxygens (including phenoxy) is 1. The van der Waals surface area contributed by atoms with Crippen LogP contribution in [0, 0.1) is 26.6 Å². The zero-order valence-electron chi connectivity index (χ0n) is 18.1. The SMILES string of the molecule is COC(=O)C[C@@H](NC(=O)Cc1c(C)nn(-c2ccc(F)cc2)c1C)c1ccc(C)cc1. The van der Waals surface area contributed by atoms with E-state index >= 15 is 0 Å². The van der Waals surface area contributed by atoms with Gasteiger partial charge in [-0.15, -0.1) is 0 Å². The second-order valence-electron chi connectivity index (χ2n) is 7.53. The number of carbonyl (C=O) groups is 2. The van der Waals surface area contributed by atoms with Crippen LogP contribution >= 0.6 is 0 Å². The number of hydrogen-bond donors (Lipinski definition) is 1. The average molecular weight is 423 g/mol. The average Bonchev–Trinajstić information content (AvgIpc) is 3.02. The molecule has 0 radical (unpaired) electrons. The summed E-state index contributed by atoms with van der Waals surface area (Å²) in [6.45, 7) is 5.68. The number of benzene rings is 2. The van der Waals surface area contributed by atoms with E-state index in [1.807, 2.05) is 45.0 Å². The minimum Gasteiger partial charge on any atom is -0.469 e. The van der Waals surface area contributed by atoms with Crippen molar-refractivity contribution in [2.45, 2.75) is 39.7 Å². The summed E-state index contributed by atoms with van der Waals surface area (Å²) in [5.41, 5.74) is 4.96. The molecule has 6 nitrogen and oxygen atoms in total. The molecular formula is C24H26FN3O3. The highest BCUT2D eigenvalue weighted by molar-refractivity contribution is 5.80. The van der Waals surface area contributed by atoms with Gasteiger partial charge in [0, 0.05) is 11.3 Å². The zero-order chi connectivity index (χ0) is 22.5. The molecule has 0 fully saturated rings. The molecule has 3 aromatic rings. The molecule has 1 aromatic heterocycles. The lowest BCUT2D eigenvalue weighted by molar-refractivity contribution is -0.141. The van der Waals surface area contributed by atoms with Gasteiger partial charge in [0.1, 0.15) is 5.82 Å². The van der Waals surface area contributed by atoms with E-state index in [2.05, 4.69) is 10.4 Å². The Morgan fingerprint density at radius 3 is 2.32 bits per heavy atom. The Labute approximate surface area is 181 Å². The number of aromatic nitrogens is 2. The lowest BCUT2D eigenvalue weighted by atomic mass is 10.0. The molecule has 0 saturated carbocycles. The van der Waals surface area contributed by atoms with E-state index in [0.29, 0.717) is 0 Å². The monoisotopic (exact) mass is 423 g/mol. The molecule has 162 valence electrons. The maximum Gasteiger partial charge on any atom is 0.307 e. The van der Waals surface area contributed by atoms with Crippen LogP contribution in [0.1, 0.15) is 40.5 Å². The molecule has 0 aliphatic carbocycles. The van der Waals surface area contributed by atoms with Crippen LogP contribution in [-0.2, 0) is 20.7 Å². The number of hydrogen-bond acceptors (Lipinski definition) is 4. The maximum atomic E-state index is 13.2. The lowest BCUT2D eigenvalue weighted by Gasteiger charge is -2.18. The topological polar surface area (TPSA) is 73.2 Å². The number of halogens is 1. The van der Waals surface area contributed by atoms with Gasteiger partial charge in [-0.25, -0.2) is 9.07 Å². The van der Waals surface area contributed by atoms with Crippen LogP contribution in [0.4, 0.5) is 4.39 Å². The van der Waals surface area contributed by atoms with Gasteiger partial charge >= 0.3 is 5.97 Å². The Bertz CT molecular complexity index is 1070. The second kappa shape index (κ2) is 9.55. The van der Waals surface area contributed by atoms with E-state index in [4.69, 9.17) is 4.74 Å². The van der Waals surface area contributed by atoms with Crippen LogP contribution in [0.3, 0.4) is 0 Å². The van der Waals surface area contributed by atoms with Crippen molar-refractivity contribution in [3.05, 3.63) is 82.4 Å². The summed E-state index contributed by atoms with van der Waals surface area (Å²) in [5.74, 6) is -0.945. The highest BCUT2D eigenvalue weighted by Gasteiger charge is 2.21. The van der Waals surface area contributed by atoms with Crippen molar-refractivity contribution in [2.75, 3.05) is 7.11 Å². The van der Waals surface area contributed by atoms with Crippen molar-refractivity contribution < 1.29 is 18.7 Å². The van der Waals surface area contributed by atoms with Crippen LogP contribution < -0.4 is 5.32 Å². The Hall–Kier alpha value is -3.48. The predicted octanol–water partition coefficient (Wildman–Crippen LogP) is 3.90. The van der Waals surface area contributed by atoms with Crippen LogP contribution in [0.2, 0.25) is 0 Å². The summed E-state index contributed by atoms with van der Waals surface area (Å²) in [5, 5.41) is 7.46. The number of methoxy groups -OCH3 is 1. The number of rotatable bonds is 7. The normalized spacial score (nSPS) is 11.8. The van der Waals surface area contributed by atoms with Crippen molar-refractivity contribution in [3.63, 3.8) is 0 Å². The smallest absolute Gasteiger partial charge is 0.307 e. The fourth-order valence-electron chi connectivity index (χ4n) is 3.47. The van der Waals surface area contributed by atoms with Gasteiger partial charge in [0.05, 0.1) is 37.4 Å². The molecule has 0 spiro atoms. The van der Waals surface area contributed by atoms with Crippen LogP contribution in [-0.4, -0.2) is 28.8 Å². The summed E-state index contributed by atoms with van der Waals surface area (Å²) in [4.78, 5) is 24.8. The fraction of sp³-hybridized carbons (Fsp3) is 0.292. The zero-order valence-corrected chi connectivity index (χ0v) is 18.1. The molecule has 31 heavy (non-hydrogen) atoms. The molecule has 7 heteroatoms. The molecule has 1 heterocycles. The van der Waals surface area contributed by atoms with Gasteiger partial charge in [0.2, 0.25) is 5.91 Å². The standard InChI is InChI=1S/C24H26FN3O3/c1-15-5-7-18(8-6-15)22(14-24(30)31-4)26-23(29)13-21-16(2)27-28(17(21)3)20-11-9-19(25)10-12-20/h5-12,22H,13-14H2,1-4H3,(H,26,29)/t22-/m1/s1. The summed E-state index contributed by atoms with van der Waals surface area (Å²) in [6, 6.07) is 13.2. The molecular weight excluding hydrogens is 397 g/mol. The van der Waals surface area contributed by atoms with Gasteiger partial charge in [-0.1, -0.05) is 29.8 Å². The highest BCUT2D eigenvalue weighted by Crippen LogP contribution is 2.21. The first kappa shape index (κ1) is 22.2. The van der Waals surface area contributed by atoms with Crippen molar-refractivity contribution in [1.82, 2.24) is 15.1 Å². The van der Waals surface area contributed by atoms with Crippen LogP contribution in [0.25, 0.3) is 5.69 Å². The molecule has 0 bridgehead atoms. The third-order valence-electron chi connectivity index (χ3n) is 5.26. The fourth-order valence-corrected chi connectivity index (χ4v) is 3.47. The molecule has 0 saturated heterocycles. The summed E-state index contributed by atoms with van der Waals surface area (Å²) in [6.07, 6.45) is 0.153. The van der Waals surface area contributed by atoms with Crippen molar-refractivity contribution in [3.8, 4) is 5.69 Å². The molecule has 1 amide bonds. The number of nitrogens with one attached hydrogen (secondary N) is 1. The Morgan fingerprint density at radius 1 is 1.06 bits per heavy atom. The van der Waals surface area contributed by atoms with Crippen LogP contribution in [0.5, 0.6) is 0 Å². The van der Waals surface area contributed by atoms with Gasteiger partial charge in [-0.2, -0.15) is 5.10 Å². The molecule has 0 unspecified atom stereocenters. The molecule has 1 atom stereocenters. The summed E-state index contributed by atoms with van der Waals surface area (Å²) >= 11 is 0. The molecule has 0 aliphatic rings. The highest BCUT2D eigenvalue weighted by atomic mass is 19.1. The first-order valence-corrected chi connectivity index (χ1v) is 10.0. The third kappa shape index (κ3) is 5.36. The Kier molecular flexibility index (Phi) is 6.84. The van der Waals surface area contributed by atoms with Gasteiger partial charge in [0.25, 0.3) is 0 Å². The number of nitrogens with zero attached hydrogens (tertiary/aromatic N) is 2. The number of aryl methyl sites for hydroxylation is 2. The van der Waals surface area contributed by atoms with E-state index < -0.39 is 12.0 Å². The van der Waals surface area contributed by atoms with Crippen molar-refractivity contribution in [1.29, 1.82) is 0 Å².